The molecule has 1 aromatic carbocycles. The molecule has 0 unspecified atom stereocenters. The van der Waals surface area contributed by atoms with Gasteiger partial charge in [0.15, 0.2) is 0 Å². The number of rotatable bonds is 2. The molecule has 1 N–H and O–H groups in total. The summed E-state index contributed by atoms with van der Waals surface area (Å²) >= 11 is 0. The van der Waals surface area contributed by atoms with Gasteiger partial charge in [0.2, 0.25) is 0 Å². The molecule has 1 rings (SSSR count). The lowest BCUT2D eigenvalue weighted by molar-refractivity contribution is 0.112. The highest BCUT2D eigenvalue weighted by molar-refractivity contribution is 5.75. The number of nitrogens with zero attached hydrogens (tertiary/aromatic N) is 1. The van der Waals surface area contributed by atoms with Crippen LogP contribution in [0.3, 0.4) is 0 Å². The zero-order valence-corrected chi connectivity index (χ0v) is 8.90. The largest absolute Gasteiger partial charge is 0.397 e. The summed E-state index contributed by atoms with van der Waals surface area (Å²) in [6.45, 7) is 1.93. The Morgan fingerprint density at radius 2 is 1.71 bits per heavy atom. The predicted octanol–water partition coefficient (Wildman–Crippen LogP) is 1.56. The van der Waals surface area contributed by atoms with Gasteiger partial charge in [-0.3, -0.25) is 4.79 Å². The molecule has 0 atom stereocenters. The molecule has 78 valence electrons. The van der Waals surface area contributed by atoms with Crippen LogP contribution in [-0.2, 0) is 0 Å². The van der Waals surface area contributed by atoms with Crippen molar-refractivity contribution in [2.45, 2.75) is 6.92 Å². The van der Waals surface area contributed by atoms with Gasteiger partial charge in [0.05, 0.1) is 0 Å². The van der Waals surface area contributed by atoms with E-state index in [1.54, 1.807) is 6.92 Å². The second kappa shape index (κ2) is 7.09. The quantitative estimate of drug-likeness (QED) is 0.728. The maximum Gasteiger partial charge on any atom is 0.150 e. The molecule has 0 spiro atoms. The lowest BCUT2D eigenvalue weighted by atomic mass is 10.2. The number of aliphatic hydroxyl groups is 1. The first-order valence-electron chi connectivity index (χ1n) is 4.49. The summed E-state index contributed by atoms with van der Waals surface area (Å²) in [6, 6.07) is 7.46. The van der Waals surface area contributed by atoms with Gasteiger partial charge in [0.25, 0.3) is 0 Å². The molecule has 0 saturated carbocycles. The van der Waals surface area contributed by atoms with Gasteiger partial charge in [-0.2, -0.15) is 0 Å². The highest BCUT2D eigenvalue weighted by atomic mass is 16.2. The van der Waals surface area contributed by atoms with Crippen molar-refractivity contribution in [3.63, 3.8) is 0 Å². The summed E-state index contributed by atoms with van der Waals surface area (Å²) in [7, 11) is 3.94. The number of aliphatic hydroxyl groups excluding tert-OH is 1. The maximum atomic E-state index is 10.3. The van der Waals surface area contributed by atoms with Crippen LogP contribution in [0.15, 0.2) is 24.3 Å². The van der Waals surface area contributed by atoms with Crippen molar-refractivity contribution in [3.8, 4) is 0 Å². The molecule has 14 heavy (non-hydrogen) atoms. The van der Waals surface area contributed by atoms with Gasteiger partial charge in [-0.25, -0.2) is 0 Å². The average molecular weight is 195 g/mol. The van der Waals surface area contributed by atoms with Crippen LogP contribution < -0.4 is 4.90 Å². The molecule has 0 aliphatic heterocycles. The number of benzene rings is 1. The van der Waals surface area contributed by atoms with E-state index in [9.17, 15) is 4.79 Å². The molecule has 3 heteroatoms. The molecule has 0 radical (unpaired) electrons. The number of carbonyl (C=O) groups excluding carboxylic acids is 1. The van der Waals surface area contributed by atoms with Crippen LogP contribution in [0.25, 0.3) is 0 Å². The fraction of sp³-hybridized carbons (Fsp3) is 0.364. The molecule has 0 saturated heterocycles. The molecule has 1 aromatic rings. The number of hydrogen-bond acceptors (Lipinski definition) is 3. The summed E-state index contributed by atoms with van der Waals surface area (Å²) in [5, 5.41) is 7.57. The third kappa shape index (κ3) is 4.62. The van der Waals surface area contributed by atoms with Crippen LogP contribution in [0.5, 0.6) is 0 Å². The Balaban J connectivity index is 0.000000500. The lowest BCUT2D eigenvalue weighted by Gasteiger charge is -2.11. The monoisotopic (exact) mass is 195 g/mol. The van der Waals surface area contributed by atoms with E-state index in [-0.39, 0.29) is 6.61 Å². The smallest absolute Gasteiger partial charge is 0.150 e. The molecule has 0 bridgehead atoms. The van der Waals surface area contributed by atoms with E-state index >= 15 is 0 Å². The molecule has 0 amide bonds. The number of carbonyl (C=O) groups is 1. The van der Waals surface area contributed by atoms with E-state index in [1.165, 1.54) is 0 Å². The van der Waals surface area contributed by atoms with Gasteiger partial charge >= 0.3 is 0 Å². The van der Waals surface area contributed by atoms with Gasteiger partial charge < -0.3 is 10.0 Å². The zero-order chi connectivity index (χ0) is 11.0. The Kier molecular flexibility index (Phi) is 6.41. The summed E-state index contributed by atoms with van der Waals surface area (Å²) in [6.07, 6.45) is 0.847. The zero-order valence-electron chi connectivity index (χ0n) is 8.90. The summed E-state index contributed by atoms with van der Waals surface area (Å²) < 4.78 is 0. The van der Waals surface area contributed by atoms with E-state index in [1.807, 2.05) is 43.3 Å². The fourth-order valence-electron chi connectivity index (χ4n) is 0.851. The minimum absolute atomic E-state index is 0.250. The van der Waals surface area contributed by atoms with Crippen LogP contribution in [0, 0.1) is 0 Å². The highest BCUT2D eigenvalue weighted by Gasteiger charge is 1.93. The second-order valence-corrected chi connectivity index (χ2v) is 2.92. The molecule has 0 aliphatic rings. The molecule has 0 aromatic heterocycles. The van der Waals surface area contributed by atoms with E-state index in [2.05, 4.69) is 0 Å². The van der Waals surface area contributed by atoms with E-state index in [0.717, 1.165) is 17.5 Å². The van der Waals surface area contributed by atoms with Gasteiger partial charge in [0.1, 0.15) is 6.29 Å². The van der Waals surface area contributed by atoms with Crippen molar-refractivity contribution >= 4 is 12.0 Å². The fourth-order valence-corrected chi connectivity index (χ4v) is 0.851. The van der Waals surface area contributed by atoms with Crippen molar-refractivity contribution in [1.29, 1.82) is 0 Å². The molecule has 0 heterocycles. The normalized spacial score (nSPS) is 8.57. The predicted molar refractivity (Wildman–Crippen MR) is 58.9 cm³/mol. The standard InChI is InChI=1S/C9H11NO.C2H6O/c1-10(2)9-5-3-8(7-11)4-6-9;1-2-3/h3-7H,1-2H3;3H,2H2,1H3. The van der Waals surface area contributed by atoms with Gasteiger partial charge in [-0.15, -0.1) is 0 Å². The van der Waals surface area contributed by atoms with Gasteiger partial charge in [-0.05, 0) is 31.2 Å². The van der Waals surface area contributed by atoms with Crippen LogP contribution >= 0.6 is 0 Å². The second-order valence-electron chi connectivity index (χ2n) is 2.92. The number of anilines is 1. The molecule has 3 nitrogen and oxygen atoms in total. The number of aldehydes is 1. The van der Waals surface area contributed by atoms with E-state index in [0.29, 0.717) is 0 Å². The Morgan fingerprint density at radius 1 is 1.29 bits per heavy atom. The topological polar surface area (TPSA) is 40.5 Å². The van der Waals surface area contributed by atoms with Crippen molar-refractivity contribution < 1.29 is 9.90 Å². The first-order chi connectivity index (χ1) is 6.65. The molecular weight excluding hydrogens is 178 g/mol. The van der Waals surface area contributed by atoms with Crippen molar-refractivity contribution in [2.24, 2.45) is 0 Å². The van der Waals surface area contributed by atoms with Gasteiger partial charge in [0, 0.05) is 32.0 Å². The van der Waals surface area contributed by atoms with Crippen LogP contribution in [0.2, 0.25) is 0 Å². The highest BCUT2D eigenvalue weighted by Crippen LogP contribution is 2.10. The van der Waals surface area contributed by atoms with E-state index < -0.39 is 0 Å². The minimum atomic E-state index is 0.250. The Labute approximate surface area is 85.0 Å². The third-order valence-corrected chi connectivity index (χ3v) is 1.55. The Bertz CT molecular complexity index is 254. The Morgan fingerprint density at radius 3 is 2.00 bits per heavy atom. The minimum Gasteiger partial charge on any atom is -0.397 e. The number of hydrogen-bond donors (Lipinski definition) is 1. The molecular formula is C11H17NO2. The van der Waals surface area contributed by atoms with Crippen molar-refractivity contribution in [3.05, 3.63) is 29.8 Å². The average Bonchev–Trinajstić information content (AvgIpc) is 2.19. The van der Waals surface area contributed by atoms with Crippen LogP contribution in [-0.4, -0.2) is 32.1 Å². The van der Waals surface area contributed by atoms with Gasteiger partial charge in [-0.1, -0.05) is 0 Å². The summed E-state index contributed by atoms with van der Waals surface area (Å²) in [5.41, 5.74) is 1.83. The SMILES string of the molecule is CCO.CN(C)c1ccc(C=O)cc1. The summed E-state index contributed by atoms with van der Waals surface area (Å²) in [4.78, 5) is 12.3. The van der Waals surface area contributed by atoms with Crippen LogP contribution in [0.4, 0.5) is 5.69 Å². The lowest BCUT2D eigenvalue weighted by Crippen LogP contribution is -2.08. The molecule has 0 fully saturated rings. The first-order valence-corrected chi connectivity index (χ1v) is 4.49. The molecule has 0 aliphatic carbocycles. The third-order valence-electron chi connectivity index (χ3n) is 1.55. The van der Waals surface area contributed by atoms with Crippen molar-refractivity contribution in [1.82, 2.24) is 0 Å². The summed E-state index contributed by atoms with van der Waals surface area (Å²) in [5.74, 6) is 0. The first kappa shape index (κ1) is 12.7. The Hall–Kier alpha value is -1.35. The maximum absolute atomic E-state index is 10.3. The van der Waals surface area contributed by atoms with Crippen LogP contribution in [0.1, 0.15) is 17.3 Å². The van der Waals surface area contributed by atoms with E-state index in [4.69, 9.17) is 5.11 Å². The van der Waals surface area contributed by atoms with Crippen molar-refractivity contribution in [2.75, 3.05) is 25.6 Å².